The monoisotopic (exact) mass is 346 g/mol. The van der Waals surface area contributed by atoms with E-state index in [1.54, 1.807) is 43.7 Å². The van der Waals surface area contributed by atoms with E-state index in [0.29, 0.717) is 23.6 Å². The van der Waals surface area contributed by atoms with Crippen LogP contribution >= 0.6 is 0 Å². The lowest BCUT2D eigenvalue weighted by Gasteiger charge is -2.23. The van der Waals surface area contributed by atoms with Crippen molar-refractivity contribution in [2.24, 2.45) is 0 Å². The molecule has 8 heteroatoms. The highest BCUT2D eigenvalue weighted by Crippen LogP contribution is 2.20. The third-order valence-corrected chi connectivity index (χ3v) is 5.76. The summed E-state index contributed by atoms with van der Waals surface area (Å²) in [4.78, 5) is 22.3. The van der Waals surface area contributed by atoms with Crippen molar-refractivity contribution in [1.82, 2.24) is 14.9 Å². The molecule has 1 N–H and O–H groups in total. The van der Waals surface area contributed by atoms with Crippen LogP contribution in [0.5, 0.6) is 0 Å². The summed E-state index contributed by atoms with van der Waals surface area (Å²) in [6.07, 6.45) is 3.73. The maximum atomic E-state index is 12.6. The fraction of sp³-hybridized carbons (Fsp3) is 0.312. The van der Waals surface area contributed by atoms with Crippen LogP contribution in [0.1, 0.15) is 16.8 Å². The Balaban J connectivity index is 1.74. The summed E-state index contributed by atoms with van der Waals surface area (Å²) in [5.74, 6) is 0.417. The smallest absolute Gasteiger partial charge is 0.253 e. The second-order valence-corrected chi connectivity index (χ2v) is 7.98. The van der Waals surface area contributed by atoms with Crippen LogP contribution in [0.4, 0.5) is 11.6 Å². The van der Waals surface area contributed by atoms with Gasteiger partial charge in [0, 0.05) is 36.7 Å². The Bertz CT molecular complexity index is 839. The number of anilines is 2. The van der Waals surface area contributed by atoms with Gasteiger partial charge in [0.15, 0.2) is 9.84 Å². The lowest BCUT2D eigenvalue weighted by atomic mass is 10.1. The number of hydrogen-bond acceptors (Lipinski definition) is 6. The maximum absolute atomic E-state index is 12.6. The van der Waals surface area contributed by atoms with Crippen molar-refractivity contribution < 1.29 is 13.2 Å². The minimum atomic E-state index is -3.03. The molecule has 0 saturated carbocycles. The zero-order valence-electron chi connectivity index (χ0n) is 13.2. The second kappa shape index (κ2) is 6.56. The van der Waals surface area contributed by atoms with E-state index in [9.17, 15) is 13.2 Å². The molecule has 1 aliphatic rings. The van der Waals surface area contributed by atoms with Gasteiger partial charge in [0.1, 0.15) is 0 Å². The van der Waals surface area contributed by atoms with E-state index in [-0.39, 0.29) is 23.5 Å². The van der Waals surface area contributed by atoms with Crippen molar-refractivity contribution in [3.8, 4) is 0 Å². The van der Waals surface area contributed by atoms with Crippen LogP contribution < -0.4 is 5.32 Å². The minimum Gasteiger partial charge on any atom is -0.338 e. The van der Waals surface area contributed by atoms with Crippen molar-refractivity contribution in [3.05, 3.63) is 48.3 Å². The van der Waals surface area contributed by atoms with E-state index >= 15 is 0 Å². The molecule has 1 aromatic carbocycles. The molecule has 0 spiro atoms. The first-order valence-electron chi connectivity index (χ1n) is 7.56. The molecule has 0 radical (unpaired) electrons. The van der Waals surface area contributed by atoms with Crippen LogP contribution in [-0.4, -0.2) is 53.8 Å². The third kappa shape index (κ3) is 3.70. The average Bonchev–Trinajstić information content (AvgIpc) is 2.95. The first-order valence-corrected chi connectivity index (χ1v) is 9.38. The standard InChI is InChI=1S/C16H18N4O3S/c1-20(14-6-9-24(22,23)11-14)15(21)12-4-2-5-13(10-12)19-16-17-7-3-8-18-16/h2-5,7-8,10,14H,6,9,11H2,1H3,(H,17,18,19)/t14-/m0/s1. The molecule has 1 fully saturated rings. The number of sulfone groups is 1. The first kappa shape index (κ1) is 16.4. The van der Waals surface area contributed by atoms with Crippen molar-refractivity contribution >= 4 is 27.4 Å². The quantitative estimate of drug-likeness (QED) is 0.901. The first-order chi connectivity index (χ1) is 11.4. The molecular weight excluding hydrogens is 328 g/mol. The number of carbonyl (C=O) groups excluding carboxylic acids is 1. The molecule has 24 heavy (non-hydrogen) atoms. The fourth-order valence-corrected chi connectivity index (χ4v) is 4.45. The summed E-state index contributed by atoms with van der Waals surface area (Å²) in [6, 6.07) is 8.44. The Hall–Kier alpha value is -2.48. The zero-order valence-corrected chi connectivity index (χ0v) is 14.0. The summed E-state index contributed by atoms with van der Waals surface area (Å²) in [6.45, 7) is 0. The normalized spacial score (nSPS) is 19.0. The van der Waals surface area contributed by atoms with Crippen molar-refractivity contribution in [1.29, 1.82) is 0 Å². The highest BCUT2D eigenvalue weighted by Gasteiger charge is 2.33. The zero-order chi connectivity index (χ0) is 17.2. The Kier molecular flexibility index (Phi) is 4.48. The van der Waals surface area contributed by atoms with E-state index in [1.165, 1.54) is 4.90 Å². The molecule has 7 nitrogen and oxygen atoms in total. The molecule has 3 rings (SSSR count). The van der Waals surface area contributed by atoms with E-state index in [1.807, 2.05) is 6.07 Å². The highest BCUT2D eigenvalue weighted by molar-refractivity contribution is 7.91. The summed E-state index contributed by atoms with van der Waals surface area (Å²) in [5, 5.41) is 3.03. The molecule has 1 aliphatic heterocycles. The van der Waals surface area contributed by atoms with Gasteiger partial charge < -0.3 is 10.2 Å². The average molecular weight is 346 g/mol. The molecule has 1 atom stereocenters. The van der Waals surface area contributed by atoms with Crippen LogP contribution in [0, 0.1) is 0 Å². The van der Waals surface area contributed by atoms with Crippen LogP contribution in [0.3, 0.4) is 0 Å². The van der Waals surface area contributed by atoms with Crippen LogP contribution in [0.25, 0.3) is 0 Å². The highest BCUT2D eigenvalue weighted by atomic mass is 32.2. The predicted molar refractivity (Wildman–Crippen MR) is 90.9 cm³/mol. The van der Waals surface area contributed by atoms with Gasteiger partial charge in [-0.05, 0) is 30.7 Å². The second-order valence-electron chi connectivity index (χ2n) is 5.75. The lowest BCUT2D eigenvalue weighted by Crippen LogP contribution is -2.37. The number of carbonyl (C=O) groups is 1. The number of aromatic nitrogens is 2. The molecule has 0 aliphatic carbocycles. The Morgan fingerprint density at radius 3 is 2.67 bits per heavy atom. The minimum absolute atomic E-state index is 0.0328. The van der Waals surface area contributed by atoms with Crippen LogP contribution in [-0.2, 0) is 9.84 Å². The number of rotatable bonds is 4. The Labute approximate surface area is 140 Å². The summed E-state index contributed by atoms with van der Waals surface area (Å²) >= 11 is 0. The molecule has 2 heterocycles. The van der Waals surface area contributed by atoms with Crippen LogP contribution in [0.2, 0.25) is 0 Å². The molecule has 1 aromatic heterocycles. The van der Waals surface area contributed by atoms with Gasteiger partial charge in [-0.1, -0.05) is 6.07 Å². The van der Waals surface area contributed by atoms with Crippen molar-refractivity contribution in [2.45, 2.75) is 12.5 Å². The number of benzene rings is 1. The van der Waals surface area contributed by atoms with E-state index in [4.69, 9.17) is 0 Å². The molecular formula is C16H18N4O3S. The van der Waals surface area contributed by atoms with Crippen molar-refractivity contribution in [3.63, 3.8) is 0 Å². The number of nitrogens with one attached hydrogen (secondary N) is 1. The molecule has 0 bridgehead atoms. The molecule has 1 amide bonds. The number of amides is 1. The Morgan fingerprint density at radius 2 is 2.00 bits per heavy atom. The maximum Gasteiger partial charge on any atom is 0.253 e. The van der Waals surface area contributed by atoms with E-state index in [0.717, 1.165) is 0 Å². The SMILES string of the molecule is CN(C(=O)c1cccc(Nc2ncccn2)c1)[C@H]1CCS(=O)(=O)C1. The summed E-state index contributed by atoms with van der Waals surface area (Å²) < 4.78 is 23.2. The largest absolute Gasteiger partial charge is 0.338 e. The third-order valence-electron chi connectivity index (χ3n) is 4.01. The van der Waals surface area contributed by atoms with Gasteiger partial charge in [0.2, 0.25) is 5.95 Å². The van der Waals surface area contributed by atoms with Gasteiger partial charge in [-0.25, -0.2) is 18.4 Å². The number of hydrogen-bond donors (Lipinski definition) is 1. The lowest BCUT2D eigenvalue weighted by molar-refractivity contribution is 0.0747. The predicted octanol–water partition coefficient (Wildman–Crippen LogP) is 1.48. The van der Waals surface area contributed by atoms with Gasteiger partial charge in [-0.2, -0.15) is 0 Å². The Morgan fingerprint density at radius 1 is 1.25 bits per heavy atom. The van der Waals surface area contributed by atoms with Gasteiger partial charge in [0.05, 0.1) is 11.5 Å². The molecule has 1 saturated heterocycles. The fourth-order valence-electron chi connectivity index (χ4n) is 2.67. The van der Waals surface area contributed by atoms with Gasteiger partial charge >= 0.3 is 0 Å². The van der Waals surface area contributed by atoms with E-state index < -0.39 is 9.84 Å². The van der Waals surface area contributed by atoms with Gasteiger partial charge in [0.25, 0.3) is 5.91 Å². The van der Waals surface area contributed by atoms with Crippen LogP contribution in [0.15, 0.2) is 42.7 Å². The number of nitrogens with zero attached hydrogens (tertiary/aromatic N) is 3. The van der Waals surface area contributed by atoms with Gasteiger partial charge in [-0.3, -0.25) is 4.79 Å². The van der Waals surface area contributed by atoms with E-state index in [2.05, 4.69) is 15.3 Å². The summed E-state index contributed by atoms with van der Waals surface area (Å²) in [7, 11) is -1.38. The van der Waals surface area contributed by atoms with Crippen molar-refractivity contribution in [2.75, 3.05) is 23.9 Å². The summed E-state index contributed by atoms with van der Waals surface area (Å²) in [5.41, 5.74) is 1.18. The molecule has 126 valence electrons. The molecule has 0 unspecified atom stereocenters. The topological polar surface area (TPSA) is 92.3 Å². The molecule has 2 aromatic rings. The van der Waals surface area contributed by atoms with Gasteiger partial charge in [-0.15, -0.1) is 0 Å².